The van der Waals surface area contributed by atoms with Gasteiger partial charge in [0.05, 0.1) is 41.2 Å². The first kappa shape index (κ1) is 80.5. The van der Waals surface area contributed by atoms with E-state index in [4.69, 9.17) is 4.74 Å². The average molecular weight is 1640 g/mol. The van der Waals surface area contributed by atoms with Gasteiger partial charge in [0.15, 0.2) is 0 Å². The fourth-order valence-electron chi connectivity index (χ4n) is 17.5. The van der Waals surface area contributed by atoms with Gasteiger partial charge in [-0.1, -0.05) is 321 Å². The Kier molecular flexibility index (Phi) is 23.1. The Hall–Kier alpha value is -16.2. The molecule has 0 atom stereocenters. The summed E-state index contributed by atoms with van der Waals surface area (Å²) < 4.78 is 5.31. The number of anilines is 15. The smallest absolute Gasteiger partial charge is 0.119 e. The number of fused-ring (bicyclic) bond motifs is 6. The van der Waals surface area contributed by atoms with Crippen LogP contribution in [0.1, 0.15) is 11.1 Å². The first-order valence-electron chi connectivity index (χ1n) is 43.4. The molecule has 0 aliphatic heterocycles. The molecule has 612 valence electrons. The van der Waals surface area contributed by atoms with Gasteiger partial charge >= 0.3 is 0 Å². The maximum atomic E-state index is 5.31. The van der Waals surface area contributed by atoms with Crippen molar-refractivity contribution in [3.63, 3.8) is 0 Å². The largest absolute Gasteiger partial charge is 0.497 e. The molecule has 21 rings (SSSR count). The molecule has 0 amide bonds. The third-order valence-corrected chi connectivity index (χ3v) is 24.5. The maximum absolute atomic E-state index is 5.31. The van der Waals surface area contributed by atoms with Crippen LogP contribution in [0, 0.1) is 13.8 Å². The van der Waals surface area contributed by atoms with Crippen molar-refractivity contribution in [2.24, 2.45) is 0 Å². The average Bonchev–Trinajstić information content (AvgIpc) is 0.769. The van der Waals surface area contributed by atoms with Gasteiger partial charge < -0.3 is 34.1 Å². The van der Waals surface area contributed by atoms with Crippen LogP contribution in [-0.4, -0.2) is 28.3 Å². The lowest BCUT2D eigenvalue weighted by molar-refractivity contribution is 0.415. The van der Waals surface area contributed by atoms with Crippen molar-refractivity contribution in [3.8, 4) is 39.1 Å². The third kappa shape index (κ3) is 17.0. The molecule has 21 aromatic carbocycles. The first-order valence-corrected chi connectivity index (χ1v) is 43.4. The van der Waals surface area contributed by atoms with E-state index in [1.165, 1.54) is 149 Å². The van der Waals surface area contributed by atoms with Crippen molar-refractivity contribution in [1.82, 2.24) is 0 Å². The fraction of sp³-hybridized carbons (Fsp3) is 0.0500. The van der Waals surface area contributed by atoms with Gasteiger partial charge in [-0.05, 0) is 243 Å². The zero-order valence-electron chi connectivity index (χ0n) is 72.1. The van der Waals surface area contributed by atoms with E-state index in [0.717, 1.165) is 51.2 Å². The van der Waals surface area contributed by atoms with Crippen molar-refractivity contribution in [2.45, 2.75) is 13.8 Å². The van der Waals surface area contributed by atoms with Crippen molar-refractivity contribution in [1.29, 1.82) is 0 Å². The lowest BCUT2D eigenvalue weighted by atomic mass is 10.0. The normalized spacial score (nSPS) is 11.1. The molecule has 21 aromatic rings. The van der Waals surface area contributed by atoms with Crippen molar-refractivity contribution in [2.75, 3.05) is 57.7 Å². The van der Waals surface area contributed by atoms with Crippen LogP contribution in [0.5, 0.6) is 5.75 Å². The highest BCUT2D eigenvalue weighted by Crippen LogP contribution is 2.48. The zero-order valence-corrected chi connectivity index (χ0v) is 72.1. The summed E-state index contributed by atoms with van der Waals surface area (Å²) in [6, 6.07) is 170. The summed E-state index contributed by atoms with van der Waals surface area (Å²) in [5.74, 6) is 0.857. The highest BCUT2D eigenvalue weighted by Gasteiger charge is 2.23. The summed E-state index contributed by atoms with van der Waals surface area (Å²) in [5.41, 5.74) is 27.0. The Labute approximate surface area is 744 Å². The summed E-state index contributed by atoms with van der Waals surface area (Å²) >= 11 is 0. The second-order valence-electron chi connectivity index (χ2n) is 32.3. The van der Waals surface area contributed by atoms with Crippen LogP contribution in [0.3, 0.4) is 0 Å². The number of aryl methyl sites for hydroxylation is 2. The van der Waals surface area contributed by atoms with Gasteiger partial charge in [0.1, 0.15) is 5.75 Å². The quantitative estimate of drug-likeness (QED) is 0.0797. The van der Waals surface area contributed by atoms with E-state index in [-0.39, 0.29) is 0 Å². The van der Waals surface area contributed by atoms with E-state index >= 15 is 0 Å². The molecule has 0 bridgehead atoms. The molecule has 0 aliphatic carbocycles. The molecule has 7 nitrogen and oxygen atoms in total. The van der Waals surface area contributed by atoms with Crippen LogP contribution in [0.4, 0.5) is 85.3 Å². The minimum atomic E-state index is 0.857. The second-order valence-corrected chi connectivity index (χ2v) is 32.3. The summed E-state index contributed by atoms with van der Waals surface area (Å²) in [4.78, 5) is 13.8. The van der Waals surface area contributed by atoms with E-state index < -0.39 is 0 Å². The minimum Gasteiger partial charge on any atom is -0.497 e. The lowest BCUT2D eigenvalue weighted by Gasteiger charge is -2.28. The molecule has 0 saturated carbocycles. The summed E-state index contributed by atoms with van der Waals surface area (Å²) in [6.07, 6.45) is 0. The molecular weight excluding hydrogens is 1540 g/mol. The fourth-order valence-corrected chi connectivity index (χ4v) is 17.5. The predicted octanol–water partition coefficient (Wildman–Crippen LogP) is 33.3. The van der Waals surface area contributed by atoms with E-state index in [9.17, 15) is 0 Å². The topological polar surface area (TPSA) is 28.7 Å². The highest BCUT2D eigenvalue weighted by atomic mass is 16.5. The maximum Gasteiger partial charge on any atom is 0.119 e. The number of hydrogen-bond acceptors (Lipinski definition) is 7. The second kappa shape index (κ2) is 36.5. The van der Waals surface area contributed by atoms with Gasteiger partial charge in [-0.2, -0.15) is 0 Å². The molecule has 0 aromatic heterocycles. The standard InChI is InChI=1S/C40H32N2O.2C40H32N2/c1-41(34-25-27-36(43-2)28-26-34)33-21-17-29(18-22-33)30-19-23-35(24-20-30)42(39-15-7-11-31-9-3-5-13-37(31)39)40-16-8-12-32-10-4-6-14-38(32)40;1-29-10-7-15-36(28-29)41(2)34-24-20-30(21-25-34)31-22-26-35(27-23-31)42(39-18-8-13-32-11-3-5-16-37(32)39)40-19-9-14-33-12-4-6-17-38(33)40;1-29-17-23-34(24-18-29)41(2)35-25-19-30(20-26-35)31-21-27-36(28-22-31)42(39-15-7-11-32-9-3-5-13-37(32)39)40-16-8-12-33-10-4-6-14-38(33)40/h3-28H,1-2H3;2*3-28H,1-2H3. The SMILES string of the molecule is COc1ccc(N(C)c2ccc(-c3ccc(N(c4cccc5ccccc45)c4cccc5ccccc45)cc3)cc2)cc1.Cc1ccc(N(C)c2ccc(-c3ccc(N(c4cccc5ccccc45)c4cccc5ccccc45)cc3)cc2)cc1.Cc1cccc(N(C)c2ccc(-c3ccc(N(c4cccc5ccccc45)c4cccc5ccccc45)cc3)cc2)c1. The van der Waals surface area contributed by atoms with E-state index in [0.29, 0.717) is 0 Å². The molecule has 0 spiro atoms. The molecular formula is C120H96N6O. The minimum absolute atomic E-state index is 0.857. The van der Waals surface area contributed by atoms with Gasteiger partial charge in [0.25, 0.3) is 0 Å². The predicted molar refractivity (Wildman–Crippen MR) is 544 cm³/mol. The monoisotopic (exact) mass is 1640 g/mol. The molecule has 0 unspecified atom stereocenters. The lowest BCUT2D eigenvalue weighted by Crippen LogP contribution is -2.11. The number of nitrogens with zero attached hydrogens (tertiary/aromatic N) is 6. The molecule has 127 heavy (non-hydrogen) atoms. The van der Waals surface area contributed by atoms with Gasteiger partial charge in [0.2, 0.25) is 0 Å². The highest BCUT2D eigenvalue weighted by molar-refractivity contribution is 6.08. The zero-order chi connectivity index (χ0) is 86.1. The molecule has 0 aliphatic rings. The van der Waals surface area contributed by atoms with Crippen LogP contribution >= 0.6 is 0 Å². The van der Waals surface area contributed by atoms with Crippen LogP contribution in [0.25, 0.3) is 98.0 Å². The van der Waals surface area contributed by atoms with E-state index in [2.05, 4.69) is 525 Å². The van der Waals surface area contributed by atoms with Crippen LogP contribution in [-0.2, 0) is 0 Å². The van der Waals surface area contributed by atoms with Crippen LogP contribution < -0.4 is 34.1 Å². The van der Waals surface area contributed by atoms with Crippen molar-refractivity contribution < 1.29 is 4.74 Å². The first-order chi connectivity index (χ1) is 62.5. The molecule has 0 radical (unpaired) electrons. The van der Waals surface area contributed by atoms with E-state index in [1.54, 1.807) is 7.11 Å². The molecule has 0 heterocycles. The van der Waals surface area contributed by atoms with Crippen molar-refractivity contribution in [3.05, 3.63) is 484 Å². The van der Waals surface area contributed by atoms with Gasteiger partial charge in [-0.3, -0.25) is 0 Å². The number of hydrogen-bond donors (Lipinski definition) is 0. The Morgan fingerprint density at radius 1 is 0.165 bits per heavy atom. The molecule has 0 fully saturated rings. The van der Waals surface area contributed by atoms with Gasteiger partial charge in [-0.25, -0.2) is 0 Å². The van der Waals surface area contributed by atoms with Gasteiger partial charge in [-0.15, -0.1) is 0 Å². The molecule has 0 saturated heterocycles. The molecule has 7 heteroatoms. The number of benzene rings is 21. The Bertz CT molecular complexity index is 7150. The Morgan fingerprint density at radius 3 is 0.598 bits per heavy atom. The third-order valence-electron chi connectivity index (χ3n) is 24.5. The number of ether oxygens (including phenoxy) is 1. The Morgan fingerprint density at radius 2 is 0.362 bits per heavy atom. The van der Waals surface area contributed by atoms with Crippen LogP contribution in [0.2, 0.25) is 0 Å². The van der Waals surface area contributed by atoms with Crippen molar-refractivity contribution >= 4 is 150 Å². The van der Waals surface area contributed by atoms with Crippen LogP contribution in [0.15, 0.2) is 473 Å². The Balaban J connectivity index is 0.000000124. The number of methoxy groups -OCH3 is 1. The summed E-state index contributed by atoms with van der Waals surface area (Å²) in [6.45, 7) is 4.25. The summed E-state index contributed by atoms with van der Waals surface area (Å²) in [5, 5.41) is 14.7. The van der Waals surface area contributed by atoms with Gasteiger partial charge in [0, 0.05) is 105 Å². The van der Waals surface area contributed by atoms with E-state index in [1.807, 2.05) is 12.1 Å². The molecule has 0 N–H and O–H groups in total. The number of rotatable bonds is 19. The summed E-state index contributed by atoms with van der Waals surface area (Å²) in [7, 11) is 8.01.